The normalized spacial score (nSPS) is 23.0. The average molecular weight is 264 g/mol. The summed E-state index contributed by atoms with van der Waals surface area (Å²) < 4.78 is 5.64. The predicted molar refractivity (Wildman–Crippen MR) is 70.5 cm³/mol. The Bertz CT molecular complexity index is 438. The Labute approximate surface area is 112 Å². The molecule has 19 heavy (non-hydrogen) atoms. The number of hydrogen-bond acceptors (Lipinski definition) is 5. The zero-order valence-electron chi connectivity index (χ0n) is 10.9. The van der Waals surface area contributed by atoms with Crippen LogP contribution in [0.15, 0.2) is 12.4 Å². The lowest BCUT2D eigenvalue weighted by molar-refractivity contribution is 0.0984. The molecule has 1 aliphatic rings. The maximum absolute atomic E-state index is 11.2. The second-order valence-corrected chi connectivity index (χ2v) is 4.93. The largest absolute Gasteiger partial charge is 0.476 e. The fourth-order valence-corrected chi connectivity index (χ4v) is 2.60. The Hall–Kier alpha value is -1.69. The zero-order chi connectivity index (χ0) is 13.7. The number of primary amides is 1. The van der Waals surface area contributed by atoms with Gasteiger partial charge in [-0.2, -0.15) is 0 Å². The fourth-order valence-electron chi connectivity index (χ4n) is 2.60. The monoisotopic (exact) mass is 264 g/mol. The number of carbonyl (C=O) groups excluding carboxylic acids is 1. The van der Waals surface area contributed by atoms with Crippen molar-refractivity contribution in [1.29, 1.82) is 0 Å². The summed E-state index contributed by atoms with van der Waals surface area (Å²) >= 11 is 0. The van der Waals surface area contributed by atoms with Crippen LogP contribution in [0.3, 0.4) is 0 Å². The van der Waals surface area contributed by atoms with Gasteiger partial charge in [0.15, 0.2) is 5.69 Å². The molecule has 1 aromatic heterocycles. The highest BCUT2D eigenvalue weighted by atomic mass is 16.5. The van der Waals surface area contributed by atoms with Crippen LogP contribution < -0.4 is 16.2 Å². The van der Waals surface area contributed by atoms with Crippen LogP contribution in [0.5, 0.6) is 5.88 Å². The minimum atomic E-state index is -0.623. The highest BCUT2D eigenvalue weighted by Crippen LogP contribution is 2.29. The van der Waals surface area contributed by atoms with Crippen LogP contribution in [0, 0.1) is 11.8 Å². The fraction of sp³-hybridized carbons (Fsp3) is 0.615. The molecule has 0 radical (unpaired) electrons. The van der Waals surface area contributed by atoms with Crippen molar-refractivity contribution in [3.8, 4) is 5.88 Å². The van der Waals surface area contributed by atoms with E-state index in [1.165, 1.54) is 25.2 Å². The van der Waals surface area contributed by atoms with Gasteiger partial charge in [0.25, 0.3) is 5.91 Å². The summed E-state index contributed by atoms with van der Waals surface area (Å²) in [7, 11) is 0. The van der Waals surface area contributed by atoms with Gasteiger partial charge in [0.2, 0.25) is 5.88 Å². The van der Waals surface area contributed by atoms with Gasteiger partial charge in [-0.1, -0.05) is 12.8 Å². The van der Waals surface area contributed by atoms with Crippen LogP contribution in [0.4, 0.5) is 0 Å². The molecule has 1 amide bonds. The van der Waals surface area contributed by atoms with E-state index in [0.29, 0.717) is 25.0 Å². The van der Waals surface area contributed by atoms with Crippen LogP contribution in [0.25, 0.3) is 0 Å². The molecule has 2 unspecified atom stereocenters. The number of amides is 1. The minimum absolute atomic E-state index is 0.0857. The number of carbonyl (C=O) groups is 1. The Kier molecular flexibility index (Phi) is 4.68. The highest BCUT2D eigenvalue weighted by molar-refractivity contribution is 5.92. The van der Waals surface area contributed by atoms with E-state index in [2.05, 4.69) is 9.97 Å². The van der Waals surface area contributed by atoms with Gasteiger partial charge in [0.1, 0.15) is 0 Å². The van der Waals surface area contributed by atoms with Crippen molar-refractivity contribution in [2.24, 2.45) is 23.3 Å². The second-order valence-electron chi connectivity index (χ2n) is 4.93. The lowest BCUT2D eigenvalue weighted by Gasteiger charge is -2.30. The highest BCUT2D eigenvalue weighted by Gasteiger charge is 2.25. The molecule has 0 bridgehead atoms. The van der Waals surface area contributed by atoms with E-state index in [4.69, 9.17) is 16.2 Å². The molecule has 1 fully saturated rings. The molecule has 0 aromatic carbocycles. The molecule has 6 heteroatoms. The van der Waals surface area contributed by atoms with Crippen LogP contribution in [-0.2, 0) is 0 Å². The third kappa shape index (κ3) is 3.41. The molecule has 1 saturated carbocycles. The quantitative estimate of drug-likeness (QED) is 0.815. The van der Waals surface area contributed by atoms with Crippen molar-refractivity contribution in [3.05, 3.63) is 18.1 Å². The lowest BCUT2D eigenvalue weighted by Crippen LogP contribution is -2.31. The lowest BCUT2D eigenvalue weighted by atomic mass is 9.80. The average Bonchev–Trinajstić information content (AvgIpc) is 2.45. The van der Waals surface area contributed by atoms with Crippen LogP contribution in [-0.4, -0.2) is 29.0 Å². The number of aromatic nitrogens is 2. The van der Waals surface area contributed by atoms with Crippen molar-refractivity contribution in [2.75, 3.05) is 13.2 Å². The molecule has 0 saturated heterocycles. The molecule has 1 aliphatic carbocycles. The molecule has 1 heterocycles. The summed E-state index contributed by atoms with van der Waals surface area (Å²) in [5.41, 5.74) is 11.1. The maximum Gasteiger partial charge on any atom is 0.272 e. The van der Waals surface area contributed by atoms with Gasteiger partial charge in [0, 0.05) is 12.4 Å². The number of ether oxygens (including phenoxy) is 1. The van der Waals surface area contributed by atoms with E-state index in [1.54, 1.807) is 0 Å². The van der Waals surface area contributed by atoms with Crippen molar-refractivity contribution in [2.45, 2.75) is 25.7 Å². The molecule has 4 N–H and O–H groups in total. The molecule has 2 rings (SSSR count). The summed E-state index contributed by atoms with van der Waals surface area (Å²) in [6, 6.07) is 0. The first kappa shape index (κ1) is 13.7. The number of nitrogens with two attached hydrogens (primary N) is 2. The zero-order valence-corrected chi connectivity index (χ0v) is 10.9. The Morgan fingerprint density at radius 2 is 1.95 bits per heavy atom. The van der Waals surface area contributed by atoms with Gasteiger partial charge in [0.05, 0.1) is 6.61 Å². The SMILES string of the molecule is NCC1CCCCC1COc1nccnc1C(N)=O. The molecular weight excluding hydrogens is 244 g/mol. The topological polar surface area (TPSA) is 104 Å². The van der Waals surface area contributed by atoms with Crippen molar-refractivity contribution in [3.63, 3.8) is 0 Å². The predicted octanol–water partition coefficient (Wildman–Crippen LogP) is 0.719. The molecule has 0 spiro atoms. The number of hydrogen-bond donors (Lipinski definition) is 2. The Morgan fingerprint density at radius 1 is 1.26 bits per heavy atom. The standard InChI is InChI=1S/C13H20N4O2/c14-7-9-3-1-2-4-10(9)8-19-13-11(12(15)18)16-5-6-17-13/h5-6,9-10H,1-4,7-8,14H2,(H2,15,18). The first-order valence-corrected chi connectivity index (χ1v) is 6.66. The van der Waals surface area contributed by atoms with Gasteiger partial charge >= 0.3 is 0 Å². The molecule has 104 valence electrons. The number of nitrogens with zero attached hydrogens (tertiary/aromatic N) is 2. The third-order valence-electron chi connectivity index (χ3n) is 3.70. The van der Waals surface area contributed by atoms with Crippen LogP contribution in [0.1, 0.15) is 36.2 Å². The summed E-state index contributed by atoms with van der Waals surface area (Å²) in [5.74, 6) is 0.502. The summed E-state index contributed by atoms with van der Waals surface area (Å²) in [4.78, 5) is 19.1. The Morgan fingerprint density at radius 3 is 2.63 bits per heavy atom. The Balaban J connectivity index is 2.00. The van der Waals surface area contributed by atoms with Crippen molar-refractivity contribution < 1.29 is 9.53 Å². The van der Waals surface area contributed by atoms with E-state index in [-0.39, 0.29) is 11.6 Å². The molecule has 2 atom stereocenters. The van der Waals surface area contributed by atoms with Gasteiger partial charge in [-0.05, 0) is 31.2 Å². The van der Waals surface area contributed by atoms with Gasteiger partial charge in [-0.15, -0.1) is 0 Å². The maximum atomic E-state index is 11.2. The third-order valence-corrected chi connectivity index (χ3v) is 3.70. The number of rotatable bonds is 5. The van der Waals surface area contributed by atoms with E-state index >= 15 is 0 Å². The van der Waals surface area contributed by atoms with E-state index < -0.39 is 5.91 Å². The van der Waals surface area contributed by atoms with Gasteiger partial charge < -0.3 is 16.2 Å². The molecule has 1 aromatic rings. The van der Waals surface area contributed by atoms with Gasteiger partial charge in [-0.3, -0.25) is 4.79 Å². The smallest absolute Gasteiger partial charge is 0.272 e. The first-order chi connectivity index (χ1) is 9.22. The van der Waals surface area contributed by atoms with Crippen molar-refractivity contribution >= 4 is 5.91 Å². The summed E-state index contributed by atoms with van der Waals surface area (Å²) in [5, 5.41) is 0. The first-order valence-electron chi connectivity index (χ1n) is 6.66. The molecular formula is C13H20N4O2. The van der Waals surface area contributed by atoms with Crippen LogP contribution in [0.2, 0.25) is 0 Å². The molecule has 0 aliphatic heterocycles. The molecule has 6 nitrogen and oxygen atoms in total. The van der Waals surface area contributed by atoms with Crippen LogP contribution >= 0.6 is 0 Å². The van der Waals surface area contributed by atoms with Crippen molar-refractivity contribution in [1.82, 2.24) is 9.97 Å². The van der Waals surface area contributed by atoms with Gasteiger partial charge in [-0.25, -0.2) is 9.97 Å². The van der Waals surface area contributed by atoms with E-state index in [1.807, 2.05) is 0 Å². The second kappa shape index (κ2) is 6.47. The van der Waals surface area contributed by atoms with E-state index in [9.17, 15) is 4.79 Å². The minimum Gasteiger partial charge on any atom is -0.476 e. The van der Waals surface area contributed by atoms with E-state index in [0.717, 1.165) is 12.8 Å². The summed E-state index contributed by atoms with van der Waals surface area (Å²) in [6.07, 6.45) is 7.60. The summed E-state index contributed by atoms with van der Waals surface area (Å²) in [6.45, 7) is 1.19.